The fraction of sp³-hybridized carbons (Fsp3) is 0.455. The number of likely N-dealkylation sites (N-methyl/N-ethyl adjacent to an activating group) is 1. The summed E-state index contributed by atoms with van der Waals surface area (Å²) in [5.41, 5.74) is 6.78. The lowest BCUT2D eigenvalue weighted by Gasteiger charge is -2.35. The van der Waals surface area contributed by atoms with Crippen molar-refractivity contribution >= 4 is 28.9 Å². The molecule has 1 saturated heterocycles. The van der Waals surface area contributed by atoms with Gasteiger partial charge in [0.15, 0.2) is 0 Å². The molecule has 2 fully saturated rings. The highest BCUT2D eigenvalue weighted by Gasteiger charge is 2.40. The Morgan fingerprint density at radius 3 is 2.10 bits per heavy atom. The van der Waals surface area contributed by atoms with Crippen molar-refractivity contribution in [1.82, 2.24) is 25.1 Å². The Kier molecular flexibility index (Phi) is 19.3. The molecule has 2 aromatic heterocycles. The zero-order valence-electron chi connectivity index (χ0n) is 41.2. The van der Waals surface area contributed by atoms with E-state index in [9.17, 15) is 24.9 Å². The summed E-state index contributed by atoms with van der Waals surface area (Å²) in [5, 5.41) is 27.7. The largest absolute Gasteiger partial charge is 0.491 e. The van der Waals surface area contributed by atoms with Gasteiger partial charge in [-0.1, -0.05) is 55.7 Å². The molecule has 5 aromatic rings. The Balaban J connectivity index is 0.760. The van der Waals surface area contributed by atoms with Crippen LogP contribution in [0.4, 0.5) is 0 Å². The molecule has 3 aromatic carbocycles. The predicted molar refractivity (Wildman–Crippen MR) is 270 cm³/mol. The molecular weight excluding hydrogens is 919 g/mol. The Bertz CT molecular complexity index is 2650. The maximum absolute atomic E-state index is 14.2. The number of hydrogen-bond acceptors (Lipinski definition) is 13. The fourth-order valence-corrected chi connectivity index (χ4v) is 10.3. The summed E-state index contributed by atoms with van der Waals surface area (Å²) in [4.78, 5) is 47.4. The SMILES string of the molecule is CNC(C)C(=O)NC(C(=O)N1CCCC1c1nc(C(=O)c2cccc(OCCOCCOCCOCCOc3ccc(Cn4c(C)c(C#N)c(-c5ccc(C#N)cc5)c4C)cc3)c2)cs1)C1CCCCC1. The van der Waals surface area contributed by atoms with E-state index >= 15 is 0 Å². The van der Waals surface area contributed by atoms with Crippen LogP contribution in [0.15, 0.2) is 78.2 Å². The number of aromatic nitrogens is 2. The van der Waals surface area contributed by atoms with Crippen LogP contribution in [0.1, 0.15) is 107 Å². The highest BCUT2D eigenvalue weighted by molar-refractivity contribution is 7.10. The minimum Gasteiger partial charge on any atom is -0.491 e. The zero-order chi connectivity index (χ0) is 50.1. The van der Waals surface area contributed by atoms with Crippen LogP contribution < -0.4 is 20.1 Å². The molecule has 7 rings (SSSR count). The fourth-order valence-electron chi connectivity index (χ4n) is 9.32. The Morgan fingerprint density at radius 2 is 1.45 bits per heavy atom. The van der Waals surface area contributed by atoms with Crippen molar-refractivity contribution in [1.29, 1.82) is 10.5 Å². The first-order valence-electron chi connectivity index (χ1n) is 24.7. The number of nitriles is 2. The molecule has 2 aliphatic rings. The lowest BCUT2D eigenvalue weighted by atomic mass is 9.83. The second kappa shape index (κ2) is 26.2. The summed E-state index contributed by atoms with van der Waals surface area (Å²) in [7, 11) is 1.74. The number of likely N-dealkylation sites (tertiary alicyclic amines) is 1. The Labute approximate surface area is 421 Å². The third kappa shape index (κ3) is 13.7. The number of benzene rings is 3. The second-order valence-corrected chi connectivity index (χ2v) is 18.9. The first kappa shape index (κ1) is 52.4. The van der Waals surface area contributed by atoms with Crippen molar-refractivity contribution in [3.05, 3.63) is 123 Å². The van der Waals surface area contributed by atoms with Crippen LogP contribution in [0.25, 0.3) is 11.1 Å². The van der Waals surface area contributed by atoms with Gasteiger partial charge in [0, 0.05) is 41.0 Å². The monoisotopic (exact) mass is 983 g/mol. The zero-order valence-corrected chi connectivity index (χ0v) is 42.1. The van der Waals surface area contributed by atoms with Crippen LogP contribution in [0.2, 0.25) is 0 Å². The summed E-state index contributed by atoms with van der Waals surface area (Å²) in [5.74, 6) is 0.927. The molecule has 3 heterocycles. The molecule has 2 amide bonds. The number of ketones is 1. The van der Waals surface area contributed by atoms with Crippen LogP contribution in [0.3, 0.4) is 0 Å². The summed E-state index contributed by atoms with van der Waals surface area (Å²) in [6, 6.07) is 25.5. The van der Waals surface area contributed by atoms with E-state index in [2.05, 4.69) is 27.3 Å². The summed E-state index contributed by atoms with van der Waals surface area (Å²) >= 11 is 1.39. The third-order valence-corrected chi connectivity index (χ3v) is 14.3. The molecule has 1 saturated carbocycles. The van der Waals surface area contributed by atoms with Gasteiger partial charge in [0.2, 0.25) is 17.6 Å². The van der Waals surface area contributed by atoms with Crippen molar-refractivity contribution < 1.29 is 38.1 Å². The average Bonchev–Trinajstić information content (AvgIpc) is 4.16. The number of carbonyl (C=O) groups excluding carboxylic acids is 3. The molecule has 2 N–H and O–H groups in total. The van der Waals surface area contributed by atoms with Gasteiger partial charge in [0.05, 0.1) is 68.9 Å². The smallest absolute Gasteiger partial charge is 0.246 e. The summed E-state index contributed by atoms with van der Waals surface area (Å²) in [6.07, 6.45) is 6.66. The van der Waals surface area contributed by atoms with E-state index in [0.29, 0.717) is 94.1 Å². The Hall–Kier alpha value is -6.40. The van der Waals surface area contributed by atoms with Gasteiger partial charge in [0.1, 0.15) is 47.5 Å². The van der Waals surface area contributed by atoms with E-state index in [0.717, 1.165) is 83.8 Å². The number of thiazole rings is 1. The van der Waals surface area contributed by atoms with Gasteiger partial charge in [-0.15, -0.1) is 11.3 Å². The number of ether oxygens (including phenoxy) is 5. The number of amides is 2. The van der Waals surface area contributed by atoms with Crippen LogP contribution in [0, 0.1) is 42.4 Å². The minimum atomic E-state index is -0.581. The van der Waals surface area contributed by atoms with Crippen molar-refractivity contribution in [2.75, 3.05) is 66.4 Å². The van der Waals surface area contributed by atoms with Gasteiger partial charge in [0.25, 0.3) is 0 Å². The second-order valence-electron chi connectivity index (χ2n) is 18.0. The summed E-state index contributed by atoms with van der Waals surface area (Å²) in [6.45, 7) is 10.1. The highest BCUT2D eigenvalue weighted by Crippen LogP contribution is 2.37. The van der Waals surface area contributed by atoms with Gasteiger partial charge in [-0.2, -0.15) is 10.5 Å². The number of nitrogens with one attached hydrogen (secondary N) is 2. The normalized spacial score (nSPS) is 15.7. The molecular formula is C55H65N7O8S. The predicted octanol–water partition coefficient (Wildman–Crippen LogP) is 8.10. The van der Waals surface area contributed by atoms with Crippen molar-refractivity contribution in [3.63, 3.8) is 0 Å². The van der Waals surface area contributed by atoms with Crippen molar-refractivity contribution in [3.8, 4) is 34.8 Å². The molecule has 71 heavy (non-hydrogen) atoms. The molecule has 0 radical (unpaired) electrons. The van der Waals surface area contributed by atoms with E-state index in [-0.39, 0.29) is 29.6 Å². The van der Waals surface area contributed by atoms with Gasteiger partial charge >= 0.3 is 0 Å². The maximum atomic E-state index is 14.2. The van der Waals surface area contributed by atoms with Crippen LogP contribution >= 0.6 is 11.3 Å². The van der Waals surface area contributed by atoms with E-state index in [1.54, 1.807) is 55.7 Å². The van der Waals surface area contributed by atoms with Gasteiger partial charge in [-0.05, 0) is 107 Å². The van der Waals surface area contributed by atoms with E-state index in [1.165, 1.54) is 11.3 Å². The maximum Gasteiger partial charge on any atom is 0.246 e. The first-order chi connectivity index (χ1) is 34.6. The number of nitrogens with zero attached hydrogens (tertiary/aromatic N) is 5. The van der Waals surface area contributed by atoms with Gasteiger partial charge < -0.3 is 43.8 Å². The van der Waals surface area contributed by atoms with E-state index in [4.69, 9.17) is 28.7 Å². The molecule has 1 aliphatic heterocycles. The van der Waals surface area contributed by atoms with Crippen LogP contribution in [-0.2, 0) is 30.3 Å². The molecule has 15 nitrogen and oxygen atoms in total. The quantitative estimate of drug-likeness (QED) is 0.0423. The highest BCUT2D eigenvalue weighted by atomic mass is 32.1. The van der Waals surface area contributed by atoms with Gasteiger partial charge in [-0.3, -0.25) is 14.4 Å². The standard InChI is InChI=1S/C55H65N7O8S/c1-37(58-4)53(64)60-51(43-10-6-5-7-11-43)55(65)61-23-9-14-49(61)54-59-48(36-71-54)52(63)44-12-8-13-46(32-44)70-31-29-68-27-25-66-24-26-67-28-30-69-45-21-17-41(18-22-45)35-62-38(2)47(34-57)50(39(62)3)42-19-15-40(33-56)16-20-42/h8,12-13,15-22,32,36-37,43,49,51,58H,5-7,9-11,14,23-31,35H2,1-4H3,(H,60,64). The van der Waals surface area contributed by atoms with Gasteiger partial charge in [-0.25, -0.2) is 4.98 Å². The van der Waals surface area contributed by atoms with E-state index in [1.807, 2.05) is 55.1 Å². The molecule has 3 atom stereocenters. The topological polar surface area (TPSA) is 190 Å². The number of rotatable bonds is 25. The van der Waals surface area contributed by atoms with E-state index < -0.39 is 12.1 Å². The van der Waals surface area contributed by atoms with Crippen LogP contribution in [-0.4, -0.2) is 111 Å². The van der Waals surface area contributed by atoms with Crippen LogP contribution in [0.5, 0.6) is 11.5 Å². The molecule has 16 heteroatoms. The number of hydrogen-bond donors (Lipinski definition) is 2. The van der Waals surface area contributed by atoms with Crippen molar-refractivity contribution in [2.24, 2.45) is 5.92 Å². The molecule has 3 unspecified atom stereocenters. The average molecular weight is 984 g/mol. The van der Waals surface area contributed by atoms with Crippen molar-refractivity contribution in [2.45, 2.75) is 90.4 Å². The molecule has 0 bridgehead atoms. The minimum absolute atomic E-state index is 0.0595. The number of carbonyl (C=O) groups is 3. The first-order valence-corrected chi connectivity index (χ1v) is 25.5. The third-order valence-electron chi connectivity index (χ3n) is 13.4. The molecule has 374 valence electrons. The summed E-state index contributed by atoms with van der Waals surface area (Å²) < 4.78 is 30.9. The Morgan fingerprint density at radius 1 is 0.789 bits per heavy atom. The molecule has 1 aliphatic carbocycles. The molecule has 0 spiro atoms. The lowest BCUT2D eigenvalue weighted by Crippen LogP contribution is -2.55. The lowest BCUT2D eigenvalue weighted by molar-refractivity contribution is -0.139.